The minimum Gasteiger partial charge on any atom is -0.348 e. The summed E-state index contributed by atoms with van der Waals surface area (Å²) >= 11 is 0. The van der Waals surface area contributed by atoms with Crippen molar-refractivity contribution in [2.24, 2.45) is 7.05 Å². The van der Waals surface area contributed by atoms with Gasteiger partial charge in [-0.25, -0.2) is 0 Å². The zero-order chi connectivity index (χ0) is 10.3. The fourth-order valence-corrected chi connectivity index (χ4v) is 1.84. The number of nitrogens with zero attached hydrogens (tertiary/aromatic N) is 1. The number of aromatic nitrogens is 1. The Labute approximate surface area is 82.8 Å². The van der Waals surface area contributed by atoms with Crippen LogP contribution in [0.4, 0.5) is 0 Å². The van der Waals surface area contributed by atoms with Crippen molar-refractivity contribution in [1.29, 1.82) is 0 Å². The van der Waals surface area contributed by atoms with Gasteiger partial charge >= 0.3 is 0 Å². The molecule has 2 nitrogen and oxygen atoms in total. The Hall–Kier alpha value is -1.57. The highest BCUT2D eigenvalue weighted by Crippen LogP contribution is 2.15. The molecule has 2 rings (SSSR count). The molecule has 0 radical (unpaired) electrons. The van der Waals surface area contributed by atoms with Crippen molar-refractivity contribution in [2.75, 3.05) is 0 Å². The zero-order valence-corrected chi connectivity index (χ0v) is 8.66. The molecule has 0 bridgehead atoms. The molecular formula is C12H13NO. The lowest BCUT2D eigenvalue weighted by atomic mass is 10.1. The van der Waals surface area contributed by atoms with Gasteiger partial charge in [0.1, 0.15) is 0 Å². The summed E-state index contributed by atoms with van der Waals surface area (Å²) in [6.07, 6.45) is 0. The standard InChI is InChI=1S/C12H13NO/c1-8-5-4-6-10-11(14)7-9(2)13(3)12(8)10/h4-7H,1-3H3. The van der Waals surface area contributed by atoms with E-state index in [4.69, 9.17) is 0 Å². The summed E-state index contributed by atoms with van der Waals surface area (Å²) in [6, 6.07) is 7.52. The lowest BCUT2D eigenvalue weighted by Gasteiger charge is -2.10. The molecule has 0 N–H and O–H groups in total. The molecule has 0 fully saturated rings. The number of hydrogen-bond donors (Lipinski definition) is 0. The molecule has 0 aliphatic heterocycles. The van der Waals surface area contributed by atoms with Crippen LogP contribution < -0.4 is 5.43 Å². The Balaban J connectivity index is 3.11. The van der Waals surface area contributed by atoms with Crippen LogP contribution in [0.15, 0.2) is 29.1 Å². The van der Waals surface area contributed by atoms with E-state index in [2.05, 4.69) is 4.57 Å². The third kappa shape index (κ3) is 1.15. The summed E-state index contributed by atoms with van der Waals surface area (Å²) in [5.41, 5.74) is 3.29. The van der Waals surface area contributed by atoms with Crippen LogP contribution in [-0.2, 0) is 7.05 Å². The van der Waals surface area contributed by atoms with Gasteiger partial charge in [-0.3, -0.25) is 4.79 Å². The van der Waals surface area contributed by atoms with Crippen LogP contribution in [0.3, 0.4) is 0 Å². The molecule has 2 heteroatoms. The van der Waals surface area contributed by atoms with Gasteiger partial charge in [-0.05, 0) is 25.5 Å². The monoisotopic (exact) mass is 187 g/mol. The normalized spacial score (nSPS) is 10.8. The smallest absolute Gasteiger partial charge is 0.189 e. The van der Waals surface area contributed by atoms with Crippen molar-refractivity contribution in [2.45, 2.75) is 13.8 Å². The number of fused-ring (bicyclic) bond motifs is 1. The number of hydrogen-bond acceptors (Lipinski definition) is 1. The van der Waals surface area contributed by atoms with Crippen molar-refractivity contribution in [3.63, 3.8) is 0 Å². The molecule has 1 aromatic heterocycles. The predicted molar refractivity (Wildman–Crippen MR) is 58.7 cm³/mol. The molecule has 0 spiro atoms. The van der Waals surface area contributed by atoms with E-state index in [9.17, 15) is 4.79 Å². The summed E-state index contributed by atoms with van der Waals surface area (Å²) in [5.74, 6) is 0. The van der Waals surface area contributed by atoms with Crippen molar-refractivity contribution in [3.05, 3.63) is 45.7 Å². The van der Waals surface area contributed by atoms with E-state index in [0.717, 1.165) is 22.2 Å². The van der Waals surface area contributed by atoms with E-state index in [0.29, 0.717) is 0 Å². The van der Waals surface area contributed by atoms with E-state index in [1.165, 1.54) is 0 Å². The predicted octanol–water partition coefficient (Wildman–Crippen LogP) is 2.16. The first-order valence-corrected chi connectivity index (χ1v) is 4.67. The molecule has 1 aromatic carbocycles. The average Bonchev–Trinajstić information content (AvgIpc) is 2.14. The second-order valence-electron chi connectivity index (χ2n) is 3.68. The molecule has 72 valence electrons. The van der Waals surface area contributed by atoms with Gasteiger partial charge < -0.3 is 4.57 Å². The Morgan fingerprint density at radius 1 is 1.21 bits per heavy atom. The lowest BCUT2D eigenvalue weighted by molar-refractivity contribution is 0.894. The first-order valence-electron chi connectivity index (χ1n) is 4.67. The van der Waals surface area contributed by atoms with Crippen LogP contribution in [0.2, 0.25) is 0 Å². The summed E-state index contributed by atoms with van der Waals surface area (Å²) in [6.45, 7) is 3.98. The summed E-state index contributed by atoms with van der Waals surface area (Å²) in [4.78, 5) is 11.7. The zero-order valence-electron chi connectivity index (χ0n) is 8.66. The van der Waals surface area contributed by atoms with E-state index in [-0.39, 0.29) is 5.43 Å². The van der Waals surface area contributed by atoms with Crippen LogP contribution in [0.1, 0.15) is 11.3 Å². The maximum atomic E-state index is 11.7. The Morgan fingerprint density at radius 2 is 1.93 bits per heavy atom. The van der Waals surface area contributed by atoms with Gasteiger partial charge in [0.2, 0.25) is 0 Å². The van der Waals surface area contributed by atoms with Crippen LogP contribution in [0, 0.1) is 13.8 Å². The van der Waals surface area contributed by atoms with Crippen molar-refractivity contribution >= 4 is 10.9 Å². The molecule has 2 aromatic rings. The average molecular weight is 187 g/mol. The number of rotatable bonds is 0. The summed E-state index contributed by atoms with van der Waals surface area (Å²) in [7, 11) is 1.99. The second-order valence-corrected chi connectivity index (χ2v) is 3.68. The Morgan fingerprint density at radius 3 is 2.64 bits per heavy atom. The van der Waals surface area contributed by atoms with Gasteiger partial charge in [0, 0.05) is 24.2 Å². The molecule has 0 atom stereocenters. The number of aryl methyl sites for hydroxylation is 3. The number of para-hydroxylation sites is 1. The molecular weight excluding hydrogens is 174 g/mol. The number of benzene rings is 1. The van der Waals surface area contributed by atoms with Crippen LogP contribution in [0.5, 0.6) is 0 Å². The summed E-state index contributed by atoms with van der Waals surface area (Å²) in [5, 5.41) is 0.804. The Bertz CT molecular complexity index is 552. The molecule has 0 unspecified atom stereocenters. The largest absolute Gasteiger partial charge is 0.348 e. The van der Waals surface area contributed by atoms with E-state index < -0.39 is 0 Å². The molecule has 0 aliphatic rings. The van der Waals surface area contributed by atoms with Crippen LogP contribution >= 0.6 is 0 Å². The van der Waals surface area contributed by atoms with E-state index >= 15 is 0 Å². The maximum Gasteiger partial charge on any atom is 0.189 e. The molecule has 0 saturated heterocycles. The Kier molecular flexibility index (Phi) is 1.92. The second kappa shape index (κ2) is 2.98. The van der Waals surface area contributed by atoms with Gasteiger partial charge in [-0.2, -0.15) is 0 Å². The molecule has 1 heterocycles. The van der Waals surface area contributed by atoms with Gasteiger partial charge in [-0.1, -0.05) is 12.1 Å². The SMILES string of the molecule is Cc1cccc2c(=O)cc(C)n(C)c12. The third-order valence-corrected chi connectivity index (χ3v) is 2.71. The van der Waals surface area contributed by atoms with Crippen molar-refractivity contribution < 1.29 is 0 Å². The fraction of sp³-hybridized carbons (Fsp3) is 0.250. The molecule has 0 aliphatic carbocycles. The minimum atomic E-state index is 0.110. The van der Waals surface area contributed by atoms with Gasteiger partial charge in [0.05, 0.1) is 5.52 Å². The van der Waals surface area contributed by atoms with Crippen molar-refractivity contribution in [3.8, 4) is 0 Å². The van der Waals surface area contributed by atoms with Gasteiger partial charge in [0.25, 0.3) is 0 Å². The fourth-order valence-electron chi connectivity index (χ4n) is 1.84. The molecule has 0 amide bonds. The highest BCUT2D eigenvalue weighted by Gasteiger charge is 2.04. The van der Waals surface area contributed by atoms with E-state index in [1.807, 2.05) is 39.1 Å². The van der Waals surface area contributed by atoms with Gasteiger partial charge in [0.15, 0.2) is 5.43 Å². The van der Waals surface area contributed by atoms with E-state index in [1.54, 1.807) is 6.07 Å². The first kappa shape index (κ1) is 9.00. The highest BCUT2D eigenvalue weighted by atomic mass is 16.1. The molecule has 14 heavy (non-hydrogen) atoms. The van der Waals surface area contributed by atoms with Crippen LogP contribution in [-0.4, -0.2) is 4.57 Å². The minimum absolute atomic E-state index is 0.110. The highest BCUT2D eigenvalue weighted by molar-refractivity contribution is 5.82. The van der Waals surface area contributed by atoms with Crippen molar-refractivity contribution in [1.82, 2.24) is 4.57 Å². The third-order valence-electron chi connectivity index (χ3n) is 2.71. The quantitative estimate of drug-likeness (QED) is 0.619. The summed E-state index contributed by atoms with van der Waals surface area (Å²) < 4.78 is 2.06. The maximum absolute atomic E-state index is 11.7. The van der Waals surface area contributed by atoms with Crippen LogP contribution in [0.25, 0.3) is 10.9 Å². The first-order chi connectivity index (χ1) is 6.61. The lowest BCUT2D eigenvalue weighted by Crippen LogP contribution is -2.09. The van der Waals surface area contributed by atoms with Gasteiger partial charge in [-0.15, -0.1) is 0 Å². The topological polar surface area (TPSA) is 22.0 Å². The molecule has 0 saturated carbocycles. The number of pyridine rings is 1.